The number of nitrogens with two attached hydrogens (primary N) is 1. The van der Waals surface area contributed by atoms with Crippen LogP contribution in [0.4, 0.5) is 0 Å². The molecule has 0 aromatic heterocycles. The molecule has 3 N–H and O–H groups in total. The first-order valence-corrected chi connectivity index (χ1v) is 7.39. The molecule has 0 saturated heterocycles. The molecule has 0 spiro atoms. The second-order valence-corrected chi connectivity index (χ2v) is 6.68. The molecule has 0 fully saturated rings. The van der Waals surface area contributed by atoms with E-state index in [4.69, 9.17) is 28.3 Å². The van der Waals surface area contributed by atoms with Crippen LogP contribution in [0.25, 0.3) is 0 Å². The molecule has 2 rings (SSSR count). The Balaban J connectivity index is 2.55. The van der Waals surface area contributed by atoms with Crippen LogP contribution in [0, 0.1) is 0 Å². The van der Waals surface area contributed by atoms with Crippen LogP contribution < -0.4 is 5.14 Å². The van der Waals surface area contributed by atoms with Gasteiger partial charge in [-0.05, 0) is 23.3 Å². The first-order chi connectivity index (χ1) is 8.21. The molecule has 8 heteroatoms. The van der Waals surface area contributed by atoms with Gasteiger partial charge in [-0.2, -0.15) is 12.7 Å². The van der Waals surface area contributed by atoms with Crippen LogP contribution in [0.15, 0.2) is 12.1 Å². The van der Waals surface area contributed by atoms with E-state index in [1.807, 2.05) is 0 Å². The molecule has 0 aliphatic heterocycles. The Morgan fingerprint density at radius 1 is 1.44 bits per heavy atom. The summed E-state index contributed by atoms with van der Waals surface area (Å²) in [6.07, 6.45) is -0.616. The monoisotopic (exact) mass is 310 g/mol. The fraction of sp³-hybridized carbons (Fsp3) is 0.400. The van der Waals surface area contributed by atoms with E-state index < -0.39 is 22.4 Å². The Labute approximate surface area is 115 Å². The largest absolute Gasteiger partial charge is 0.391 e. The number of fused-ring (bicyclic) bond motifs is 1. The van der Waals surface area contributed by atoms with E-state index in [0.717, 1.165) is 4.31 Å². The molecule has 1 aliphatic carbocycles. The quantitative estimate of drug-likeness (QED) is 0.857. The maximum absolute atomic E-state index is 11.4. The van der Waals surface area contributed by atoms with Crippen LogP contribution in [0.1, 0.15) is 17.2 Å². The third-order valence-electron chi connectivity index (χ3n) is 3.08. The van der Waals surface area contributed by atoms with Crippen molar-refractivity contribution in [2.24, 2.45) is 5.14 Å². The Kier molecular flexibility index (Phi) is 3.61. The molecule has 18 heavy (non-hydrogen) atoms. The van der Waals surface area contributed by atoms with E-state index in [9.17, 15) is 13.5 Å². The standard InChI is InChI=1S/C10H12Cl2N2O3S/c1-14(18(13,16)17)10-7-2-5(11)3-8(12)6(7)4-9(10)15/h2-3,9-10,15H,4H2,1H3,(H2,13,16,17)/t9-,10-/m1/s1. The van der Waals surface area contributed by atoms with Gasteiger partial charge >= 0.3 is 0 Å². The summed E-state index contributed by atoms with van der Waals surface area (Å²) in [7, 11) is -2.59. The molecule has 1 aromatic carbocycles. The Morgan fingerprint density at radius 2 is 2.06 bits per heavy atom. The summed E-state index contributed by atoms with van der Waals surface area (Å²) in [6.45, 7) is 0. The van der Waals surface area contributed by atoms with Crippen molar-refractivity contribution in [2.75, 3.05) is 7.05 Å². The highest BCUT2D eigenvalue weighted by molar-refractivity contribution is 7.86. The SMILES string of the molecule is CN([C@@H]1c2cc(Cl)cc(Cl)c2C[C@H]1O)S(N)(=O)=O. The average molecular weight is 311 g/mol. The fourth-order valence-electron chi connectivity index (χ4n) is 2.23. The number of halogens is 2. The maximum atomic E-state index is 11.4. The van der Waals surface area contributed by atoms with Crippen molar-refractivity contribution in [1.29, 1.82) is 0 Å². The van der Waals surface area contributed by atoms with E-state index >= 15 is 0 Å². The predicted octanol–water partition coefficient (Wildman–Crippen LogP) is 1.09. The third kappa shape index (κ3) is 2.36. The Morgan fingerprint density at radius 3 is 2.61 bits per heavy atom. The molecule has 0 radical (unpaired) electrons. The zero-order valence-electron chi connectivity index (χ0n) is 9.47. The molecule has 1 aliphatic rings. The van der Waals surface area contributed by atoms with Crippen molar-refractivity contribution in [2.45, 2.75) is 18.6 Å². The summed E-state index contributed by atoms with van der Waals surface area (Å²) in [4.78, 5) is 0. The van der Waals surface area contributed by atoms with Crippen LogP contribution in [0.2, 0.25) is 10.0 Å². The number of likely N-dealkylation sites (N-methyl/N-ethyl adjacent to an activating group) is 1. The van der Waals surface area contributed by atoms with Gasteiger partial charge in [0, 0.05) is 23.5 Å². The topological polar surface area (TPSA) is 83.6 Å². The van der Waals surface area contributed by atoms with Gasteiger partial charge in [-0.15, -0.1) is 0 Å². The van der Waals surface area contributed by atoms with Crippen molar-refractivity contribution in [3.8, 4) is 0 Å². The van der Waals surface area contributed by atoms with Crippen molar-refractivity contribution in [3.63, 3.8) is 0 Å². The maximum Gasteiger partial charge on any atom is 0.277 e. The van der Waals surface area contributed by atoms with Crippen LogP contribution in [0.3, 0.4) is 0 Å². The van der Waals surface area contributed by atoms with Crippen LogP contribution in [-0.4, -0.2) is 31.0 Å². The highest BCUT2D eigenvalue weighted by Crippen LogP contribution is 2.41. The van der Waals surface area contributed by atoms with Crippen LogP contribution in [0.5, 0.6) is 0 Å². The van der Waals surface area contributed by atoms with E-state index in [1.165, 1.54) is 7.05 Å². The smallest absolute Gasteiger partial charge is 0.277 e. The van der Waals surface area contributed by atoms with Gasteiger partial charge in [0.05, 0.1) is 12.1 Å². The van der Waals surface area contributed by atoms with Gasteiger partial charge in [-0.3, -0.25) is 0 Å². The number of aliphatic hydroxyl groups is 1. The van der Waals surface area contributed by atoms with Gasteiger partial charge in [-0.1, -0.05) is 23.2 Å². The molecule has 0 bridgehead atoms. The number of nitrogens with zero attached hydrogens (tertiary/aromatic N) is 1. The minimum absolute atomic E-state index is 0.274. The Bertz CT molecular complexity index is 591. The van der Waals surface area contributed by atoms with Gasteiger partial charge < -0.3 is 5.11 Å². The molecule has 0 unspecified atom stereocenters. The van der Waals surface area contributed by atoms with Crippen LogP contribution in [-0.2, 0) is 16.6 Å². The zero-order chi connectivity index (χ0) is 13.7. The molecule has 100 valence electrons. The summed E-state index contributed by atoms with van der Waals surface area (Å²) >= 11 is 11.9. The van der Waals surface area contributed by atoms with Gasteiger partial charge in [0.25, 0.3) is 10.2 Å². The summed E-state index contributed by atoms with van der Waals surface area (Å²) in [5.41, 5.74) is 1.30. The lowest BCUT2D eigenvalue weighted by Crippen LogP contribution is -2.39. The summed E-state index contributed by atoms with van der Waals surface area (Å²) < 4.78 is 23.7. The molecule has 5 nitrogen and oxygen atoms in total. The number of benzene rings is 1. The first kappa shape index (κ1) is 14.0. The van der Waals surface area contributed by atoms with Crippen molar-refractivity contribution < 1.29 is 13.5 Å². The fourth-order valence-corrected chi connectivity index (χ4v) is 3.38. The number of aliphatic hydroxyl groups excluding tert-OH is 1. The number of hydrogen-bond acceptors (Lipinski definition) is 3. The minimum Gasteiger partial charge on any atom is -0.391 e. The van der Waals surface area contributed by atoms with E-state index in [-0.39, 0.29) is 6.42 Å². The second kappa shape index (κ2) is 4.63. The lowest BCUT2D eigenvalue weighted by Gasteiger charge is -2.25. The highest BCUT2D eigenvalue weighted by Gasteiger charge is 2.39. The highest BCUT2D eigenvalue weighted by atomic mass is 35.5. The summed E-state index contributed by atoms with van der Waals surface area (Å²) in [5.74, 6) is 0. The predicted molar refractivity (Wildman–Crippen MR) is 69.8 cm³/mol. The van der Waals surface area contributed by atoms with Gasteiger partial charge in [-0.25, -0.2) is 5.14 Å². The molecule has 0 heterocycles. The lowest BCUT2D eigenvalue weighted by atomic mass is 10.1. The molecule has 1 aromatic rings. The Hall–Kier alpha value is -0.370. The lowest BCUT2D eigenvalue weighted by molar-refractivity contribution is 0.113. The summed E-state index contributed by atoms with van der Waals surface area (Å²) in [6, 6.07) is 2.41. The average Bonchev–Trinajstić information content (AvgIpc) is 2.52. The molecular weight excluding hydrogens is 299 g/mol. The van der Waals surface area contributed by atoms with Gasteiger partial charge in [0.2, 0.25) is 0 Å². The van der Waals surface area contributed by atoms with Crippen LogP contribution >= 0.6 is 23.2 Å². The van der Waals surface area contributed by atoms with Crippen molar-refractivity contribution in [3.05, 3.63) is 33.3 Å². The van der Waals surface area contributed by atoms with Gasteiger partial charge in [0.15, 0.2) is 0 Å². The molecule has 0 amide bonds. The zero-order valence-corrected chi connectivity index (χ0v) is 11.8. The molecule has 0 saturated carbocycles. The number of hydrogen-bond donors (Lipinski definition) is 2. The normalized spacial score (nSPS) is 23.4. The van der Waals surface area contributed by atoms with Gasteiger partial charge in [0.1, 0.15) is 0 Å². The van der Waals surface area contributed by atoms with E-state index in [1.54, 1.807) is 12.1 Å². The minimum atomic E-state index is -3.90. The van der Waals surface area contributed by atoms with E-state index in [2.05, 4.69) is 0 Å². The molecule has 2 atom stereocenters. The third-order valence-corrected chi connectivity index (χ3v) is 4.67. The number of rotatable bonds is 2. The van der Waals surface area contributed by atoms with Crippen molar-refractivity contribution >= 4 is 33.4 Å². The molecular formula is C10H12Cl2N2O3S. The second-order valence-electron chi connectivity index (χ2n) is 4.23. The first-order valence-electron chi connectivity index (χ1n) is 5.13. The summed E-state index contributed by atoms with van der Waals surface area (Å²) in [5, 5.41) is 15.9. The van der Waals surface area contributed by atoms with Crippen molar-refractivity contribution in [1.82, 2.24) is 4.31 Å². The van der Waals surface area contributed by atoms with E-state index in [0.29, 0.717) is 21.2 Å².